The fourth-order valence-electron chi connectivity index (χ4n) is 3.20. The van der Waals surface area contributed by atoms with Crippen LogP contribution in [-0.2, 0) is 0 Å². The van der Waals surface area contributed by atoms with E-state index in [1.807, 2.05) is 30.3 Å². The number of aromatic nitrogens is 1. The summed E-state index contributed by atoms with van der Waals surface area (Å²) in [5.41, 5.74) is 1.62. The van der Waals surface area contributed by atoms with Gasteiger partial charge in [-0.2, -0.15) is 0 Å². The first-order chi connectivity index (χ1) is 10.6. The van der Waals surface area contributed by atoms with Crippen molar-refractivity contribution < 1.29 is 4.79 Å². The highest BCUT2D eigenvalue weighted by Crippen LogP contribution is 2.29. The zero-order valence-corrected chi connectivity index (χ0v) is 13.2. The van der Waals surface area contributed by atoms with Crippen LogP contribution >= 0.6 is 0 Å². The van der Waals surface area contributed by atoms with Crippen LogP contribution in [0.4, 0.5) is 0 Å². The van der Waals surface area contributed by atoms with Gasteiger partial charge in [-0.3, -0.25) is 9.78 Å². The van der Waals surface area contributed by atoms with Gasteiger partial charge < -0.3 is 10.6 Å². The van der Waals surface area contributed by atoms with Gasteiger partial charge in [0.05, 0.1) is 11.1 Å². The van der Waals surface area contributed by atoms with Crippen LogP contribution in [0.15, 0.2) is 36.5 Å². The summed E-state index contributed by atoms with van der Waals surface area (Å²) in [6.07, 6.45) is 4.12. The van der Waals surface area contributed by atoms with Crippen LogP contribution in [0.1, 0.15) is 37.0 Å². The molecule has 116 valence electrons. The minimum Gasteiger partial charge on any atom is -0.350 e. The molecule has 4 nitrogen and oxygen atoms in total. The number of nitrogens with one attached hydrogen (secondary N) is 2. The normalized spacial score (nSPS) is 20.7. The monoisotopic (exact) mass is 297 g/mol. The number of benzene rings is 1. The molecule has 1 saturated heterocycles. The Balaban J connectivity index is 1.74. The summed E-state index contributed by atoms with van der Waals surface area (Å²) in [6.45, 7) is 6.19. The zero-order chi connectivity index (χ0) is 15.6. The number of carbonyl (C=O) groups is 1. The molecule has 1 aliphatic rings. The Morgan fingerprint density at radius 1 is 1.36 bits per heavy atom. The molecule has 1 aromatic heterocycles. The van der Waals surface area contributed by atoms with E-state index in [1.54, 1.807) is 6.20 Å². The predicted octanol–water partition coefficient (Wildman–Crippen LogP) is 2.74. The largest absolute Gasteiger partial charge is 0.350 e. The van der Waals surface area contributed by atoms with Crippen molar-refractivity contribution in [3.8, 4) is 0 Å². The van der Waals surface area contributed by atoms with E-state index in [0.717, 1.165) is 17.4 Å². The van der Waals surface area contributed by atoms with E-state index in [4.69, 9.17) is 0 Å². The lowest BCUT2D eigenvalue weighted by Crippen LogP contribution is -2.52. The van der Waals surface area contributed by atoms with Crippen LogP contribution in [0.3, 0.4) is 0 Å². The van der Waals surface area contributed by atoms with E-state index >= 15 is 0 Å². The lowest BCUT2D eigenvalue weighted by Gasteiger charge is -2.39. The van der Waals surface area contributed by atoms with Gasteiger partial charge in [0.25, 0.3) is 5.91 Å². The van der Waals surface area contributed by atoms with Gasteiger partial charge in [0.15, 0.2) is 0 Å². The summed E-state index contributed by atoms with van der Waals surface area (Å²) in [4.78, 5) is 16.9. The molecule has 1 aliphatic heterocycles. The van der Waals surface area contributed by atoms with Gasteiger partial charge in [-0.15, -0.1) is 0 Å². The maximum absolute atomic E-state index is 12.5. The van der Waals surface area contributed by atoms with Crippen LogP contribution < -0.4 is 10.6 Å². The summed E-state index contributed by atoms with van der Waals surface area (Å²) in [5.74, 6) is -0.0486. The fraction of sp³-hybridized carbons (Fsp3) is 0.444. The number of pyridine rings is 1. The second kappa shape index (κ2) is 6.05. The smallest absolute Gasteiger partial charge is 0.253 e. The summed E-state index contributed by atoms with van der Waals surface area (Å²) in [5, 5.41) is 7.59. The average Bonchev–Trinajstić information content (AvgIpc) is 2.52. The van der Waals surface area contributed by atoms with Crippen LogP contribution in [0.25, 0.3) is 10.9 Å². The van der Waals surface area contributed by atoms with Crippen LogP contribution in [-0.4, -0.2) is 30.0 Å². The molecular weight excluding hydrogens is 274 g/mol. The highest BCUT2D eigenvalue weighted by atomic mass is 16.1. The van der Waals surface area contributed by atoms with Crippen LogP contribution in [0.5, 0.6) is 0 Å². The van der Waals surface area contributed by atoms with E-state index in [9.17, 15) is 4.79 Å². The molecule has 2 heterocycles. The van der Waals surface area contributed by atoms with Crippen LogP contribution in [0.2, 0.25) is 0 Å². The van der Waals surface area contributed by atoms with Crippen LogP contribution in [0, 0.1) is 5.41 Å². The first kappa shape index (κ1) is 15.0. The predicted molar refractivity (Wildman–Crippen MR) is 88.9 cm³/mol. The van der Waals surface area contributed by atoms with Gasteiger partial charge in [0.1, 0.15) is 0 Å². The SMILES string of the molecule is CC1(C)CCCNC1CNC(=O)c1cccc2cccnc12. The summed E-state index contributed by atoms with van der Waals surface area (Å²) >= 11 is 0. The van der Waals surface area contributed by atoms with Crippen molar-refractivity contribution in [3.63, 3.8) is 0 Å². The van der Waals surface area contributed by atoms with Gasteiger partial charge in [0.2, 0.25) is 0 Å². The Labute approximate surface area is 131 Å². The van der Waals surface area contributed by atoms with Gasteiger partial charge in [0, 0.05) is 24.2 Å². The van der Waals surface area contributed by atoms with Crippen molar-refractivity contribution in [2.45, 2.75) is 32.7 Å². The quantitative estimate of drug-likeness (QED) is 0.916. The molecule has 2 aromatic rings. The number of fused-ring (bicyclic) bond motifs is 1. The molecule has 1 unspecified atom stereocenters. The molecule has 1 fully saturated rings. The Morgan fingerprint density at radius 3 is 3.00 bits per heavy atom. The Hall–Kier alpha value is -1.94. The van der Waals surface area contributed by atoms with E-state index in [2.05, 4.69) is 29.5 Å². The third-order valence-corrected chi connectivity index (χ3v) is 4.68. The molecule has 1 aromatic carbocycles. The molecule has 4 heteroatoms. The summed E-state index contributed by atoms with van der Waals surface area (Å²) in [7, 11) is 0. The number of hydrogen-bond donors (Lipinski definition) is 2. The number of para-hydroxylation sites is 1. The number of piperidine rings is 1. The first-order valence-electron chi connectivity index (χ1n) is 7.93. The number of nitrogens with zero attached hydrogens (tertiary/aromatic N) is 1. The van der Waals surface area contributed by atoms with Crippen molar-refractivity contribution >= 4 is 16.8 Å². The van der Waals surface area contributed by atoms with Gasteiger partial charge in [-0.1, -0.05) is 32.0 Å². The minimum atomic E-state index is -0.0486. The molecule has 1 atom stereocenters. The molecule has 0 spiro atoms. The Morgan fingerprint density at radius 2 is 2.18 bits per heavy atom. The summed E-state index contributed by atoms with van der Waals surface area (Å²) < 4.78 is 0. The van der Waals surface area contributed by atoms with E-state index in [-0.39, 0.29) is 11.3 Å². The second-order valence-corrected chi connectivity index (χ2v) is 6.69. The van der Waals surface area contributed by atoms with Crippen molar-refractivity contribution in [1.82, 2.24) is 15.6 Å². The molecule has 0 radical (unpaired) electrons. The molecule has 22 heavy (non-hydrogen) atoms. The van der Waals surface area contributed by atoms with Crippen molar-refractivity contribution in [2.75, 3.05) is 13.1 Å². The Kier molecular flexibility index (Phi) is 4.12. The first-order valence-corrected chi connectivity index (χ1v) is 7.93. The molecule has 3 rings (SSSR count). The Bertz CT molecular complexity index is 676. The molecule has 1 amide bonds. The zero-order valence-electron chi connectivity index (χ0n) is 13.2. The standard InChI is InChI=1S/C18H23N3O/c1-18(2)9-5-11-19-15(18)12-21-17(22)14-8-3-6-13-7-4-10-20-16(13)14/h3-4,6-8,10,15,19H,5,9,11-12H2,1-2H3,(H,21,22). The number of hydrogen-bond acceptors (Lipinski definition) is 3. The third-order valence-electron chi connectivity index (χ3n) is 4.68. The maximum Gasteiger partial charge on any atom is 0.253 e. The number of carbonyl (C=O) groups excluding carboxylic acids is 1. The van der Waals surface area contributed by atoms with E-state index < -0.39 is 0 Å². The van der Waals surface area contributed by atoms with Crippen molar-refractivity contribution in [2.24, 2.45) is 5.41 Å². The summed E-state index contributed by atoms with van der Waals surface area (Å²) in [6, 6.07) is 9.90. The van der Waals surface area contributed by atoms with E-state index in [1.165, 1.54) is 12.8 Å². The third kappa shape index (κ3) is 2.97. The number of rotatable bonds is 3. The average molecular weight is 297 g/mol. The lowest BCUT2D eigenvalue weighted by molar-refractivity contribution is 0.0930. The highest BCUT2D eigenvalue weighted by Gasteiger charge is 2.32. The minimum absolute atomic E-state index is 0.0486. The number of amides is 1. The topological polar surface area (TPSA) is 54.0 Å². The van der Waals surface area contributed by atoms with Gasteiger partial charge >= 0.3 is 0 Å². The molecule has 2 N–H and O–H groups in total. The molecular formula is C18H23N3O. The fourth-order valence-corrected chi connectivity index (χ4v) is 3.20. The lowest BCUT2D eigenvalue weighted by atomic mass is 9.77. The van der Waals surface area contributed by atoms with Gasteiger partial charge in [-0.05, 0) is 36.9 Å². The second-order valence-electron chi connectivity index (χ2n) is 6.69. The van der Waals surface area contributed by atoms with Gasteiger partial charge in [-0.25, -0.2) is 0 Å². The molecule has 0 bridgehead atoms. The maximum atomic E-state index is 12.5. The molecule has 0 aliphatic carbocycles. The van der Waals surface area contributed by atoms with Crippen molar-refractivity contribution in [3.05, 3.63) is 42.1 Å². The van der Waals surface area contributed by atoms with Crippen molar-refractivity contribution in [1.29, 1.82) is 0 Å². The molecule has 0 saturated carbocycles. The highest BCUT2D eigenvalue weighted by molar-refractivity contribution is 6.05. The van der Waals surface area contributed by atoms with E-state index in [0.29, 0.717) is 18.2 Å².